The smallest absolute Gasteiger partial charge is 0.238 e. The molecule has 0 bridgehead atoms. The van der Waals surface area contributed by atoms with Gasteiger partial charge in [0.2, 0.25) is 5.91 Å². The summed E-state index contributed by atoms with van der Waals surface area (Å²) >= 11 is 5.16. The maximum Gasteiger partial charge on any atom is 0.238 e. The largest absolute Gasteiger partial charge is 0.334 e. The van der Waals surface area contributed by atoms with E-state index in [0.717, 1.165) is 17.4 Å². The highest BCUT2D eigenvalue weighted by atomic mass is 79.9. The van der Waals surface area contributed by atoms with Gasteiger partial charge in [0.15, 0.2) is 0 Å². The molecule has 2 saturated heterocycles. The minimum Gasteiger partial charge on any atom is -0.334 e. The summed E-state index contributed by atoms with van der Waals surface area (Å²) in [7, 11) is 0. The van der Waals surface area contributed by atoms with Crippen LogP contribution in [-0.2, 0) is 4.79 Å². The summed E-state index contributed by atoms with van der Waals surface area (Å²) in [6, 6.07) is 2.21. The minimum atomic E-state index is 0.106. The second-order valence-electron chi connectivity index (χ2n) is 4.33. The number of amides is 1. The van der Waals surface area contributed by atoms with Crippen molar-refractivity contribution in [3.63, 3.8) is 0 Å². The molecule has 2 aliphatic heterocycles. The summed E-state index contributed by atoms with van der Waals surface area (Å²) in [6.45, 7) is 1.03. The number of carbonyl (C=O) groups is 1. The van der Waals surface area contributed by atoms with Gasteiger partial charge in [0.05, 0.1) is 6.04 Å². The predicted molar refractivity (Wildman–Crippen MR) is 67.2 cm³/mol. The van der Waals surface area contributed by atoms with E-state index in [2.05, 4.69) is 37.6 Å². The highest BCUT2D eigenvalue weighted by Gasteiger charge is 2.41. The molecule has 0 unspecified atom stereocenters. The van der Waals surface area contributed by atoms with Crippen molar-refractivity contribution in [1.82, 2.24) is 10.2 Å². The van der Waals surface area contributed by atoms with Gasteiger partial charge in [0.25, 0.3) is 0 Å². The molecule has 16 heavy (non-hydrogen) atoms. The highest BCUT2D eigenvalue weighted by molar-refractivity contribution is 9.10. The first kappa shape index (κ1) is 10.7. The van der Waals surface area contributed by atoms with E-state index in [1.165, 1.54) is 17.7 Å². The SMILES string of the molecule is O=C1N[C@@H](c2cc(Br)cs2)N2CCCC[C@H]12. The molecule has 2 fully saturated rings. The molecule has 0 aromatic carbocycles. The first-order chi connectivity index (χ1) is 7.75. The molecule has 0 radical (unpaired) electrons. The Labute approximate surface area is 107 Å². The van der Waals surface area contributed by atoms with Crippen LogP contribution in [0.3, 0.4) is 0 Å². The van der Waals surface area contributed by atoms with Gasteiger partial charge in [-0.1, -0.05) is 6.42 Å². The fraction of sp³-hybridized carbons (Fsp3) is 0.545. The molecule has 1 aromatic heterocycles. The lowest BCUT2D eigenvalue weighted by Crippen LogP contribution is -2.38. The zero-order valence-corrected chi connectivity index (χ0v) is 11.2. The Morgan fingerprint density at radius 3 is 3.12 bits per heavy atom. The number of carbonyl (C=O) groups excluding carboxylic acids is 1. The molecule has 0 spiro atoms. The van der Waals surface area contributed by atoms with Crippen LogP contribution in [0.25, 0.3) is 0 Å². The average molecular weight is 301 g/mol. The molecule has 0 saturated carbocycles. The van der Waals surface area contributed by atoms with E-state index in [1.54, 1.807) is 11.3 Å². The molecular weight excluding hydrogens is 288 g/mol. The number of halogens is 1. The maximum absolute atomic E-state index is 11.8. The van der Waals surface area contributed by atoms with E-state index in [-0.39, 0.29) is 18.1 Å². The van der Waals surface area contributed by atoms with Crippen LogP contribution in [-0.4, -0.2) is 23.4 Å². The lowest BCUT2D eigenvalue weighted by molar-refractivity contribution is -0.122. The fourth-order valence-electron chi connectivity index (χ4n) is 2.56. The van der Waals surface area contributed by atoms with Gasteiger partial charge in [-0.15, -0.1) is 11.3 Å². The molecule has 0 aliphatic carbocycles. The van der Waals surface area contributed by atoms with Crippen molar-refractivity contribution in [1.29, 1.82) is 0 Å². The average Bonchev–Trinajstić information content (AvgIpc) is 2.84. The highest BCUT2D eigenvalue weighted by Crippen LogP contribution is 2.35. The molecular formula is C11H13BrN2OS. The summed E-state index contributed by atoms with van der Waals surface area (Å²) in [4.78, 5) is 15.4. The standard InChI is InChI=1S/C11H13BrN2OS/c12-7-5-9(16-6-7)10-13-11(15)8-3-1-2-4-14(8)10/h5-6,8,10H,1-4H2,(H,13,15)/t8-,10-/m1/s1. The maximum atomic E-state index is 11.8. The molecule has 3 nitrogen and oxygen atoms in total. The van der Waals surface area contributed by atoms with E-state index in [0.29, 0.717) is 0 Å². The Balaban J connectivity index is 1.88. The van der Waals surface area contributed by atoms with Gasteiger partial charge >= 0.3 is 0 Å². The molecule has 5 heteroatoms. The zero-order valence-electron chi connectivity index (χ0n) is 8.78. The van der Waals surface area contributed by atoms with Crippen molar-refractivity contribution >= 4 is 33.2 Å². The summed E-state index contributed by atoms with van der Waals surface area (Å²) < 4.78 is 1.10. The number of nitrogens with zero attached hydrogens (tertiary/aromatic N) is 1. The summed E-state index contributed by atoms with van der Waals surface area (Å²) in [5.41, 5.74) is 0. The first-order valence-corrected chi connectivity index (χ1v) is 7.23. The lowest BCUT2D eigenvalue weighted by atomic mass is 10.0. The monoisotopic (exact) mass is 300 g/mol. The van der Waals surface area contributed by atoms with Crippen LogP contribution in [0.15, 0.2) is 15.9 Å². The Morgan fingerprint density at radius 2 is 2.38 bits per heavy atom. The fourth-order valence-corrected chi connectivity index (χ4v) is 4.08. The van der Waals surface area contributed by atoms with Crippen molar-refractivity contribution in [2.75, 3.05) is 6.54 Å². The molecule has 1 aromatic rings. The van der Waals surface area contributed by atoms with Crippen LogP contribution >= 0.6 is 27.3 Å². The van der Waals surface area contributed by atoms with Gasteiger partial charge in [-0.3, -0.25) is 9.69 Å². The Bertz CT molecular complexity index is 420. The van der Waals surface area contributed by atoms with Crippen LogP contribution in [0.1, 0.15) is 30.3 Å². The quantitative estimate of drug-likeness (QED) is 0.864. The third kappa shape index (κ3) is 1.71. The third-order valence-electron chi connectivity index (χ3n) is 3.31. The number of hydrogen-bond acceptors (Lipinski definition) is 3. The predicted octanol–water partition coefficient (Wildman–Crippen LogP) is 2.49. The van der Waals surface area contributed by atoms with E-state index in [4.69, 9.17) is 0 Å². The van der Waals surface area contributed by atoms with Gasteiger partial charge < -0.3 is 5.32 Å². The number of rotatable bonds is 1. The summed E-state index contributed by atoms with van der Waals surface area (Å²) in [6.07, 6.45) is 3.49. The van der Waals surface area contributed by atoms with Crippen molar-refractivity contribution < 1.29 is 4.79 Å². The normalized spacial score (nSPS) is 30.2. The first-order valence-electron chi connectivity index (χ1n) is 5.56. The molecule has 3 rings (SSSR count). The lowest BCUT2D eigenvalue weighted by Gasteiger charge is -2.30. The Kier molecular flexibility index (Phi) is 2.77. The van der Waals surface area contributed by atoms with E-state index in [1.807, 2.05) is 0 Å². The molecule has 1 N–H and O–H groups in total. The second-order valence-corrected chi connectivity index (χ2v) is 6.19. The van der Waals surface area contributed by atoms with Crippen molar-refractivity contribution in [3.05, 3.63) is 20.8 Å². The van der Waals surface area contributed by atoms with Crippen LogP contribution in [0, 0.1) is 0 Å². The molecule has 3 heterocycles. The molecule has 86 valence electrons. The summed E-state index contributed by atoms with van der Waals surface area (Å²) in [5.74, 6) is 0.203. The van der Waals surface area contributed by atoms with Gasteiger partial charge in [0.1, 0.15) is 6.17 Å². The van der Waals surface area contributed by atoms with Gasteiger partial charge in [0, 0.05) is 21.3 Å². The van der Waals surface area contributed by atoms with E-state index >= 15 is 0 Å². The van der Waals surface area contributed by atoms with Gasteiger partial charge in [-0.05, 0) is 34.8 Å². The van der Waals surface area contributed by atoms with Crippen LogP contribution in [0.2, 0.25) is 0 Å². The third-order valence-corrected chi connectivity index (χ3v) is 5.06. The topological polar surface area (TPSA) is 32.3 Å². The number of piperidine rings is 1. The van der Waals surface area contributed by atoms with Gasteiger partial charge in [-0.2, -0.15) is 0 Å². The molecule has 2 atom stereocenters. The van der Waals surface area contributed by atoms with Crippen molar-refractivity contribution in [2.45, 2.75) is 31.5 Å². The number of hydrogen-bond donors (Lipinski definition) is 1. The second kappa shape index (κ2) is 4.13. The van der Waals surface area contributed by atoms with Crippen LogP contribution in [0.4, 0.5) is 0 Å². The summed E-state index contributed by atoms with van der Waals surface area (Å²) in [5, 5.41) is 5.17. The van der Waals surface area contributed by atoms with Crippen molar-refractivity contribution in [2.24, 2.45) is 0 Å². The van der Waals surface area contributed by atoms with E-state index < -0.39 is 0 Å². The van der Waals surface area contributed by atoms with E-state index in [9.17, 15) is 4.79 Å². The zero-order chi connectivity index (χ0) is 11.1. The number of nitrogens with one attached hydrogen (secondary N) is 1. The van der Waals surface area contributed by atoms with Crippen LogP contribution in [0.5, 0.6) is 0 Å². The van der Waals surface area contributed by atoms with Crippen molar-refractivity contribution in [3.8, 4) is 0 Å². The molecule has 1 amide bonds. The minimum absolute atomic E-state index is 0.106. The van der Waals surface area contributed by atoms with Crippen LogP contribution < -0.4 is 5.32 Å². The Morgan fingerprint density at radius 1 is 1.50 bits per heavy atom. The Hall–Kier alpha value is -0.390. The number of fused-ring (bicyclic) bond motifs is 1. The molecule has 2 aliphatic rings. The number of thiophene rings is 1. The van der Waals surface area contributed by atoms with Gasteiger partial charge in [-0.25, -0.2) is 0 Å².